The summed E-state index contributed by atoms with van der Waals surface area (Å²) < 4.78 is 4.83. The quantitative estimate of drug-likeness (QED) is 0.175. The zero-order valence-corrected chi connectivity index (χ0v) is 30.5. The first-order valence-electron chi connectivity index (χ1n) is 17.7. The number of benzene rings is 4. The van der Waals surface area contributed by atoms with E-state index in [0.29, 0.717) is 5.56 Å². The molecule has 4 aromatic carbocycles. The van der Waals surface area contributed by atoms with Crippen LogP contribution in [0.2, 0.25) is 0 Å². The molecular weight excluding hydrogens is 607 g/mol. The average Bonchev–Trinajstić information content (AvgIpc) is 3.53. The maximum Gasteiger partial charge on any atom is 0.381 e. The molecule has 1 unspecified atom stereocenters. The molecule has 0 fully saturated rings. The molecule has 8 rings (SSSR count). The van der Waals surface area contributed by atoms with Gasteiger partial charge in [0.1, 0.15) is 5.56 Å². The third kappa shape index (κ3) is 4.69. The average molecular weight is 652 g/mol. The van der Waals surface area contributed by atoms with Crippen LogP contribution in [0.1, 0.15) is 100 Å². The fourth-order valence-electron chi connectivity index (χ4n) is 8.36. The predicted octanol–water partition coefficient (Wildman–Crippen LogP) is 10.6. The smallest absolute Gasteiger partial charge is 0.192 e. The molecule has 1 aliphatic carbocycles. The van der Waals surface area contributed by atoms with Crippen molar-refractivity contribution in [3.05, 3.63) is 149 Å². The fourth-order valence-corrected chi connectivity index (χ4v) is 8.36. The lowest BCUT2D eigenvalue weighted by Crippen LogP contribution is -2.57. The highest BCUT2D eigenvalue weighted by atomic mass is 15.2. The van der Waals surface area contributed by atoms with Crippen molar-refractivity contribution in [3.63, 3.8) is 0 Å². The van der Waals surface area contributed by atoms with Gasteiger partial charge in [0.05, 0.1) is 22.8 Å². The summed E-state index contributed by atoms with van der Waals surface area (Å²) in [7, 11) is 0. The molecule has 3 heterocycles. The van der Waals surface area contributed by atoms with E-state index in [1.165, 1.54) is 61.0 Å². The molecule has 246 valence electrons. The van der Waals surface area contributed by atoms with E-state index in [1.54, 1.807) is 0 Å². The summed E-state index contributed by atoms with van der Waals surface area (Å²) >= 11 is 0. The molecule has 2 aliphatic rings. The molecule has 0 saturated heterocycles. The number of nitrogens with zero attached hydrogens (tertiary/aromatic N) is 3. The van der Waals surface area contributed by atoms with E-state index >= 15 is 0 Å². The predicted molar refractivity (Wildman–Crippen MR) is 205 cm³/mol. The van der Waals surface area contributed by atoms with Gasteiger partial charge in [0.25, 0.3) is 0 Å². The zero-order valence-electron chi connectivity index (χ0n) is 30.5. The van der Waals surface area contributed by atoms with E-state index in [0.717, 1.165) is 16.8 Å². The summed E-state index contributed by atoms with van der Waals surface area (Å²) in [4.78, 5) is 0. The number of hydrogen-bond donors (Lipinski definition) is 0. The van der Waals surface area contributed by atoms with Crippen molar-refractivity contribution in [1.29, 1.82) is 5.26 Å². The Hall–Kier alpha value is -5.33. The van der Waals surface area contributed by atoms with Crippen molar-refractivity contribution >= 4 is 16.8 Å². The van der Waals surface area contributed by atoms with Crippen LogP contribution in [0.15, 0.2) is 110 Å². The summed E-state index contributed by atoms with van der Waals surface area (Å²) in [6.07, 6.45) is 6.29. The van der Waals surface area contributed by atoms with Gasteiger partial charge in [0, 0.05) is 29.2 Å². The number of pyridine rings is 2. The van der Waals surface area contributed by atoms with Crippen LogP contribution < -0.4 is 9.13 Å². The lowest BCUT2D eigenvalue weighted by Gasteiger charge is -2.24. The summed E-state index contributed by atoms with van der Waals surface area (Å²) in [5, 5.41) is 12.8. The third-order valence-electron chi connectivity index (χ3n) is 11.2. The van der Waals surface area contributed by atoms with Crippen molar-refractivity contribution in [2.45, 2.75) is 77.8 Å². The first kappa shape index (κ1) is 31.9. The fraction of sp³-hybridized carbons (Fsp3) is 0.255. The highest BCUT2D eigenvalue weighted by molar-refractivity contribution is 5.98. The van der Waals surface area contributed by atoms with Gasteiger partial charge in [-0.15, -0.1) is 9.13 Å². The topological polar surface area (TPSA) is 31.5 Å². The van der Waals surface area contributed by atoms with E-state index in [-0.39, 0.29) is 22.4 Å². The van der Waals surface area contributed by atoms with E-state index in [2.05, 4.69) is 174 Å². The second-order valence-electron chi connectivity index (χ2n) is 16.7. The summed E-state index contributed by atoms with van der Waals surface area (Å²) in [6, 6.07) is 36.0. The summed E-state index contributed by atoms with van der Waals surface area (Å²) in [5.74, 6) is 0. The molecule has 3 heteroatoms. The van der Waals surface area contributed by atoms with Crippen LogP contribution in [0.5, 0.6) is 0 Å². The minimum Gasteiger partial charge on any atom is -0.192 e. The van der Waals surface area contributed by atoms with Gasteiger partial charge in [-0.05, 0) is 85.3 Å². The molecule has 2 aromatic heterocycles. The number of hydrogen-bond acceptors (Lipinski definition) is 1. The Morgan fingerprint density at radius 1 is 0.720 bits per heavy atom. The lowest BCUT2D eigenvalue weighted by atomic mass is 9.79. The van der Waals surface area contributed by atoms with Crippen LogP contribution in [-0.4, -0.2) is 0 Å². The van der Waals surface area contributed by atoms with E-state index in [4.69, 9.17) is 0 Å². The first-order chi connectivity index (χ1) is 23.7. The Bertz CT molecular complexity index is 2390. The maximum absolute atomic E-state index is 10.2. The molecule has 0 bridgehead atoms. The van der Waals surface area contributed by atoms with Crippen LogP contribution in [-0.2, 0) is 16.2 Å². The Labute approximate surface area is 296 Å². The maximum atomic E-state index is 10.2. The van der Waals surface area contributed by atoms with Crippen molar-refractivity contribution in [3.8, 4) is 39.7 Å². The van der Waals surface area contributed by atoms with Crippen molar-refractivity contribution in [2.24, 2.45) is 0 Å². The van der Waals surface area contributed by atoms with Gasteiger partial charge in [-0.25, -0.2) is 0 Å². The van der Waals surface area contributed by atoms with Crippen LogP contribution in [0.4, 0.5) is 0 Å². The molecule has 0 spiro atoms. The second kappa shape index (κ2) is 10.8. The number of nitriles is 1. The van der Waals surface area contributed by atoms with Gasteiger partial charge in [0.2, 0.25) is 11.4 Å². The van der Waals surface area contributed by atoms with Gasteiger partial charge in [-0.1, -0.05) is 111 Å². The minimum absolute atomic E-state index is 0.00545. The molecule has 0 N–H and O–H groups in total. The SMILES string of the molecule is C=Cc1cc2c(cc1-c1cc(C#N)cc[n+]1C1c3cc(C(C)(C)C)ccc3-c3ccc(C(C)(C)C)c[n+]31)C(C)(C)c1c-2ccc2ccccc12. The minimum atomic E-state index is -0.220. The molecule has 0 saturated carbocycles. The lowest BCUT2D eigenvalue weighted by molar-refractivity contribution is -0.921. The Kier molecular flexibility index (Phi) is 6.91. The van der Waals surface area contributed by atoms with E-state index in [1.807, 2.05) is 12.1 Å². The van der Waals surface area contributed by atoms with Gasteiger partial charge < -0.3 is 0 Å². The number of fused-ring (bicyclic) bond motifs is 8. The van der Waals surface area contributed by atoms with E-state index in [9.17, 15) is 5.26 Å². The van der Waals surface area contributed by atoms with Crippen LogP contribution >= 0.6 is 0 Å². The van der Waals surface area contributed by atoms with Crippen LogP contribution in [0, 0.1) is 11.3 Å². The standard InChI is InChI=1S/C47H45N3/c1-10-30-24-38-36-18-15-31-13-11-12-14-34(31)43(36)47(8,9)40(38)26-37(30)42-23-29(27-48)21-22-49(42)44-39-25-32(45(2,3)4)16-19-35(39)41-20-17-33(28-50(41)44)46(5,6)7/h10-26,28,44H,1H2,2-9H3/q+2. The number of aromatic nitrogens is 2. The van der Waals surface area contributed by atoms with Gasteiger partial charge in [-0.3, -0.25) is 0 Å². The van der Waals surface area contributed by atoms with Gasteiger partial charge in [0.15, 0.2) is 12.4 Å². The molecule has 0 radical (unpaired) electrons. The molecular formula is C47H45N3+2. The highest BCUT2D eigenvalue weighted by Crippen LogP contribution is 2.53. The third-order valence-corrected chi connectivity index (χ3v) is 11.2. The van der Waals surface area contributed by atoms with Gasteiger partial charge in [-0.2, -0.15) is 5.26 Å². The van der Waals surface area contributed by atoms with E-state index < -0.39 is 0 Å². The van der Waals surface area contributed by atoms with Crippen LogP contribution in [0.25, 0.3) is 50.5 Å². The van der Waals surface area contributed by atoms with Crippen LogP contribution in [0.3, 0.4) is 0 Å². The molecule has 1 atom stereocenters. The van der Waals surface area contributed by atoms with Crippen molar-refractivity contribution in [1.82, 2.24) is 0 Å². The molecule has 50 heavy (non-hydrogen) atoms. The monoisotopic (exact) mass is 651 g/mol. The van der Waals surface area contributed by atoms with Crippen molar-refractivity contribution < 1.29 is 9.13 Å². The summed E-state index contributed by atoms with van der Waals surface area (Å²) in [5.41, 5.74) is 15.0. The molecule has 0 amide bonds. The van der Waals surface area contributed by atoms with Gasteiger partial charge >= 0.3 is 6.17 Å². The normalized spacial score (nSPS) is 15.6. The second-order valence-corrected chi connectivity index (χ2v) is 16.7. The Balaban J connectivity index is 1.41. The zero-order chi connectivity index (χ0) is 35.3. The molecule has 1 aliphatic heterocycles. The Morgan fingerprint density at radius 2 is 1.44 bits per heavy atom. The van der Waals surface area contributed by atoms with Crippen molar-refractivity contribution in [2.75, 3.05) is 0 Å². The first-order valence-corrected chi connectivity index (χ1v) is 17.7. The number of rotatable bonds is 3. The summed E-state index contributed by atoms with van der Waals surface area (Å²) in [6.45, 7) is 22.7. The molecule has 6 aromatic rings. The highest BCUT2D eigenvalue weighted by Gasteiger charge is 2.46. The molecule has 3 nitrogen and oxygen atoms in total. The Morgan fingerprint density at radius 3 is 2.16 bits per heavy atom. The largest absolute Gasteiger partial charge is 0.381 e.